The molecule has 6 heteroatoms. The molecule has 0 aromatic heterocycles. The van der Waals surface area contributed by atoms with E-state index in [1.54, 1.807) is 11.8 Å². The molecule has 0 N–H and O–H groups in total. The maximum absolute atomic E-state index is 12.8. The molecule has 2 heterocycles. The van der Waals surface area contributed by atoms with Gasteiger partial charge in [-0.15, -0.1) is 11.8 Å². The zero-order chi connectivity index (χ0) is 18.6. The maximum atomic E-state index is 12.8. The standard InChI is InChI=1S/C21H22ClNO3S/c22-16-5-7-17(8-6-16)27-14-21(24)23-10-1-3-18(23)15-4-9-19-20(13-15)26-12-2-11-25-19/h4-9,13,18H,1-3,10-12,14H2/t18-/m1/s1. The van der Waals surface area contributed by atoms with Crippen molar-refractivity contribution < 1.29 is 14.3 Å². The molecule has 1 atom stereocenters. The highest BCUT2D eigenvalue weighted by molar-refractivity contribution is 8.00. The van der Waals surface area contributed by atoms with Gasteiger partial charge in [0.1, 0.15) is 0 Å². The van der Waals surface area contributed by atoms with Crippen molar-refractivity contribution in [1.29, 1.82) is 0 Å². The van der Waals surface area contributed by atoms with Crippen molar-refractivity contribution in [1.82, 2.24) is 4.90 Å². The lowest BCUT2D eigenvalue weighted by Gasteiger charge is -2.25. The SMILES string of the molecule is O=C(CSc1ccc(Cl)cc1)N1CCC[C@@H]1c1ccc2c(c1)OCCCO2. The summed E-state index contributed by atoms with van der Waals surface area (Å²) in [6.07, 6.45) is 2.90. The van der Waals surface area contributed by atoms with Gasteiger partial charge in [0.15, 0.2) is 11.5 Å². The third-order valence-electron chi connectivity index (χ3n) is 4.91. The van der Waals surface area contributed by atoms with E-state index >= 15 is 0 Å². The fourth-order valence-corrected chi connectivity index (χ4v) is 4.47. The third kappa shape index (κ3) is 4.36. The molecule has 0 aliphatic carbocycles. The smallest absolute Gasteiger partial charge is 0.233 e. The van der Waals surface area contributed by atoms with Crippen LogP contribution in [-0.4, -0.2) is 36.3 Å². The second-order valence-corrected chi connectivity index (χ2v) is 8.23. The van der Waals surface area contributed by atoms with Crippen LogP contribution in [0.15, 0.2) is 47.4 Å². The molecule has 1 amide bonds. The molecule has 0 saturated carbocycles. The molecule has 2 aliphatic rings. The van der Waals surface area contributed by atoms with Crippen molar-refractivity contribution in [3.63, 3.8) is 0 Å². The summed E-state index contributed by atoms with van der Waals surface area (Å²) < 4.78 is 11.5. The van der Waals surface area contributed by atoms with Crippen LogP contribution in [0.5, 0.6) is 11.5 Å². The molecular weight excluding hydrogens is 382 g/mol. The Bertz CT molecular complexity index is 812. The number of halogens is 1. The number of hydrogen-bond acceptors (Lipinski definition) is 4. The number of benzene rings is 2. The van der Waals surface area contributed by atoms with E-state index in [1.807, 2.05) is 41.3 Å². The van der Waals surface area contributed by atoms with Gasteiger partial charge in [0.05, 0.1) is 25.0 Å². The second kappa shape index (κ2) is 8.44. The highest BCUT2D eigenvalue weighted by Gasteiger charge is 2.30. The molecule has 2 aliphatic heterocycles. The average Bonchev–Trinajstić information content (AvgIpc) is 3.06. The zero-order valence-electron chi connectivity index (χ0n) is 15.0. The lowest BCUT2D eigenvalue weighted by molar-refractivity contribution is -0.129. The van der Waals surface area contributed by atoms with Crippen LogP contribution in [0.4, 0.5) is 0 Å². The van der Waals surface area contributed by atoms with E-state index in [0.29, 0.717) is 24.0 Å². The Kier molecular flexibility index (Phi) is 5.79. The molecule has 2 aromatic rings. The monoisotopic (exact) mass is 403 g/mol. The number of thioether (sulfide) groups is 1. The molecule has 142 valence electrons. The molecule has 4 rings (SSSR count). The quantitative estimate of drug-likeness (QED) is 0.676. The number of rotatable bonds is 4. The highest BCUT2D eigenvalue weighted by Crippen LogP contribution is 2.38. The van der Waals surface area contributed by atoms with Crippen molar-refractivity contribution in [2.45, 2.75) is 30.2 Å². The van der Waals surface area contributed by atoms with Crippen molar-refractivity contribution in [2.24, 2.45) is 0 Å². The van der Waals surface area contributed by atoms with Crippen molar-refractivity contribution >= 4 is 29.3 Å². The normalized spacial score (nSPS) is 19.0. The predicted molar refractivity (Wildman–Crippen MR) is 108 cm³/mol. The van der Waals surface area contributed by atoms with Gasteiger partial charge in [-0.1, -0.05) is 17.7 Å². The van der Waals surface area contributed by atoms with Gasteiger partial charge in [-0.3, -0.25) is 4.79 Å². The van der Waals surface area contributed by atoms with Gasteiger partial charge in [-0.25, -0.2) is 0 Å². The topological polar surface area (TPSA) is 38.8 Å². The number of ether oxygens (including phenoxy) is 2. The van der Waals surface area contributed by atoms with E-state index in [-0.39, 0.29) is 11.9 Å². The first-order valence-corrected chi connectivity index (χ1v) is 10.6. The predicted octanol–water partition coefficient (Wildman–Crippen LogP) is 4.96. The number of hydrogen-bond donors (Lipinski definition) is 0. The number of fused-ring (bicyclic) bond motifs is 1. The lowest BCUT2D eigenvalue weighted by Crippen LogP contribution is -2.32. The van der Waals surface area contributed by atoms with Gasteiger partial charge in [0.25, 0.3) is 0 Å². The highest BCUT2D eigenvalue weighted by atomic mass is 35.5. The Morgan fingerprint density at radius 2 is 1.85 bits per heavy atom. The minimum Gasteiger partial charge on any atom is -0.490 e. The van der Waals surface area contributed by atoms with Gasteiger partial charge in [0, 0.05) is 22.9 Å². The summed E-state index contributed by atoms with van der Waals surface area (Å²) >= 11 is 7.47. The maximum Gasteiger partial charge on any atom is 0.233 e. The van der Waals surface area contributed by atoms with E-state index in [1.165, 1.54) is 0 Å². The molecule has 2 aromatic carbocycles. The molecule has 4 nitrogen and oxygen atoms in total. The van der Waals surface area contributed by atoms with Crippen LogP contribution in [0.3, 0.4) is 0 Å². The first-order valence-electron chi connectivity index (χ1n) is 9.28. The Morgan fingerprint density at radius 1 is 1.07 bits per heavy atom. The van der Waals surface area contributed by atoms with Gasteiger partial charge in [-0.05, 0) is 54.8 Å². The van der Waals surface area contributed by atoms with Crippen LogP contribution >= 0.6 is 23.4 Å². The molecule has 1 saturated heterocycles. The van der Waals surface area contributed by atoms with Gasteiger partial charge < -0.3 is 14.4 Å². The van der Waals surface area contributed by atoms with E-state index in [0.717, 1.165) is 47.8 Å². The summed E-state index contributed by atoms with van der Waals surface area (Å²) in [6.45, 7) is 2.16. The fraction of sp³-hybridized carbons (Fsp3) is 0.381. The number of carbonyl (C=O) groups is 1. The Balaban J connectivity index is 1.44. The number of carbonyl (C=O) groups excluding carboxylic acids is 1. The van der Waals surface area contributed by atoms with Crippen LogP contribution in [-0.2, 0) is 4.79 Å². The van der Waals surface area contributed by atoms with E-state index in [9.17, 15) is 4.79 Å². The molecule has 0 radical (unpaired) electrons. The Hall–Kier alpha value is -1.85. The van der Waals surface area contributed by atoms with Crippen molar-refractivity contribution in [2.75, 3.05) is 25.5 Å². The molecule has 0 bridgehead atoms. The summed E-state index contributed by atoms with van der Waals surface area (Å²) in [6, 6.07) is 13.8. The Labute approximate surface area is 168 Å². The molecule has 27 heavy (non-hydrogen) atoms. The molecule has 1 fully saturated rings. The van der Waals surface area contributed by atoms with Crippen LogP contribution in [0.1, 0.15) is 30.9 Å². The van der Waals surface area contributed by atoms with Crippen LogP contribution in [0, 0.1) is 0 Å². The van der Waals surface area contributed by atoms with Crippen molar-refractivity contribution in [3.05, 3.63) is 53.1 Å². The van der Waals surface area contributed by atoms with Crippen LogP contribution < -0.4 is 9.47 Å². The fourth-order valence-electron chi connectivity index (χ4n) is 3.56. The van der Waals surface area contributed by atoms with Gasteiger partial charge in [-0.2, -0.15) is 0 Å². The summed E-state index contributed by atoms with van der Waals surface area (Å²) in [5.74, 6) is 2.19. The molecular formula is C21H22ClNO3S. The number of likely N-dealkylation sites (tertiary alicyclic amines) is 1. The minimum atomic E-state index is 0.112. The van der Waals surface area contributed by atoms with E-state index in [2.05, 4.69) is 6.07 Å². The first-order chi connectivity index (χ1) is 13.2. The second-order valence-electron chi connectivity index (χ2n) is 6.74. The third-order valence-corrected chi connectivity index (χ3v) is 6.15. The van der Waals surface area contributed by atoms with Crippen molar-refractivity contribution in [3.8, 4) is 11.5 Å². The molecule has 0 spiro atoms. The van der Waals surface area contributed by atoms with Gasteiger partial charge in [0.2, 0.25) is 5.91 Å². The number of amides is 1. The number of nitrogens with zero attached hydrogens (tertiary/aromatic N) is 1. The Morgan fingerprint density at radius 3 is 2.67 bits per heavy atom. The largest absolute Gasteiger partial charge is 0.490 e. The summed E-state index contributed by atoms with van der Waals surface area (Å²) in [4.78, 5) is 15.9. The average molecular weight is 404 g/mol. The van der Waals surface area contributed by atoms with E-state index < -0.39 is 0 Å². The molecule has 0 unspecified atom stereocenters. The minimum absolute atomic E-state index is 0.112. The van der Waals surface area contributed by atoms with Crippen LogP contribution in [0.2, 0.25) is 5.02 Å². The van der Waals surface area contributed by atoms with E-state index in [4.69, 9.17) is 21.1 Å². The summed E-state index contributed by atoms with van der Waals surface area (Å²) in [5.41, 5.74) is 1.13. The summed E-state index contributed by atoms with van der Waals surface area (Å²) in [7, 11) is 0. The van der Waals surface area contributed by atoms with Gasteiger partial charge >= 0.3 is 0 Å². The van der Waals surface area contributed by atoms with Crippen LogP contribution in [0.25, 0.3) is 0 Å². The summed E-state index contributed by atoms with van der Waals surface area (Å²) in [5, 5.41) is 0.708. The first kappa shape index (κ1) is 18.5. The lowest BCUT2D eigenvalue weighted by atomic mass is 10.0. The zero-order valence-corrected chi connectivity index (χ0v) is 16.6.